The molecule has 0 unspecified atom stereocenters. The molecule has 0 bridgehead atoms. The largest absolute Gasteiger partial charge is 0.343 e. The predicted octanol–water partition coefficient (Wildman–Crippen LogP) is 4.06. The molecule has 1 aromatic carbocycles. The fourth-order valence-electron chi connectivity index (χ4n) is 2.40. The van der Waals surface area contributed by atoms with Gasteiger partial charge in [0.15, 0.2) is 5.82 Å². The van der Waals surface area contributed by atoms with Crippen LogP contribution in [-0.2, 0) is 0 Å². The minimum Gasteiger partial charge on any atom is -0.343 e. The Bertz CT molecular complexity index is 895. The Labute approximate surface area is 125 Å². The van der Waals surface area contributed by atoms with Crippen molar-refractivity contribution < 1.29 is 0 Å². The van der Waals surface area contributed by atoms with E-state index in [9.17, 15) is 0 Å². The van der Waals surface area contributed by atoms with E-state index in [1.807, 2.05) is 31.3 Å². The zero-order valence-corrected chi connectivity index (χ0v) is 12.2. The molecule has 3 heterocycles. The van der Waals surface area contributed by atoms with Crippen molar-refractivity contribution in [2.45, 2.75) is 6.92 Å². The SMILES string of the molecule is Cc1nsc2nc(-c3ncc[nH]3)c(-c3ccccc3)cc12. The maximum absolute atomic E-state index is 4.78. The second-order valence-electron chi connectivity index (χ2n) is 4.81. The topological polar surface area (TPSA) is 54.5 Å². The van der Waals surface area contributed by atoms with Gasteiger partial charge in [0.1, 0.15) is 10.5 Å². The summed E-state index contributed by atoms with van der Waals surface area (Å²) >= 11 is 1.43. The first-order chi connectivity index (χ1) is 10.3. The maximum atomic E-state index is 4.78. The molecule has 3 aromatic heterocycles. The van der Waals surface area contributed by atoms with Gasteiger partial charge in [0.05, 0.1) is 5.69 Å². The maximum Gasteiger partial charge on any atom is 0.156 e. The van der Waals surface area contributed by atoms with E-state index in [-0.39, 0.29) is 0 Å². The summed E-state index contributed by atoms with van der Waals surface area (Å²) in [6.07, 6.45) is 3.56. The van der Waals surface area contributed by atoms with Crippen LogP contribution in [-0.4, -0.2) is 19.3 Å². The van der Waals surface area contributed by atoms with Crippen molar-refractivity contribution in [3.63, 3.8) is 0 Å². The number of pyridine rings is 1. The van der Waals surface area contributed by atoms with E-state index in [4.69, 9.17) is 4.98 Å². The lowest BCUT2D eigenvalue weighted by Gasteiger charge is -2.07. The van der Waals surface area contributed by atoms with Crippen molar-refractivity contribution in [3.05, 3.63) is 54.5 Å². The third kappa shape index (κ3) is 2.02. The van der Waals surface area contributed by atoms with E-state index in [0.29, 0.717) is 0 Å². The summed E-state index contributed by atoms with van der Waals surface area (Å²) in [6, 6.07) is 12.4. The van der Waals surface area contributed by atoms with Gasteiger partial charge in [-0.25, -0.2) is 9.97 Å². The van der Waals surface area contributed by atoms with Crippen LogP contribution in [0, 0.1) is 6.92 Å². The number of hydrogen-bond donors (Lipinski definition) is 1. The summed E-state index contributed by atoms with van der Waals surface area (Å²) in [6.45, 7) is 2.02. The Morgan fingerprint density at radius 1 is 1.14 bits per heavy atom. The van der Waals surface area contributed by atoms with E-state index >= 15 is 0 Å². The standard InChI is InChI=1S/C16H12N4S/c1-10-12-9-13(11-5-3-2-4-6-11)14(15-17-7-8-18-15)19-16(12)21-20-10/h2-9H,1H3,(H,17,18). The quantitative estimate of drug-likeness (QED) is 0.606. The Morgan fingerprint density at radius 3 is 2.76 bits per heavy atom. The molecular weight excluding hydrogens is 280 g/mol. The van der Waals surface area contributed by atoms with Gasteiger partial charge in [-0.05, 0) is 30.1 Å². The average molecular weight is 292 g/mol. The van der Waals surface area contributed by atoms with Crippen LogP contribution in [0.5, 0.6) is 0 Å². The van der Waals surface area contributed by atoms with Crippen LogP contribution in [0.25, 0.3) is 32.9 Å². The van der Waals surface area contributed by atoms with Gasteiger partial charge in [0.2, 0.25) is 0 Å². The van der Waals surface area contributed by atoms with Gasteiger partial charge < -0.3 is 4.98 Å². The second kappa shape index (κ2) is 4.79. The number of rotatable bonds is 2. The number of aromatic amines is 1. The third-order valence-electron chi connectivity index (χ3n) is 3.45. The molecule has 102 valence electrons. The molecule has 0 atom stereocenters. The van der Waals surface area contributed by atoms with Crippen LogP contribution in [0.3, 0.4) is 0 Å². The number of fused-ring (bicyclic) bond motifs is 1. The van der Waals surface area contributed by atoms with Gasteiger partial charge in [-0.1, -0.05) is 30.3 Å². The molecule has 0 aliphatic carbocycles. The Morgan fingerprint density at radius 2 is 2.00 bits per heavy atom. The fourth-order valence-corrected chi connectivity index (χ4v) is 3.16. The van der Waals surface area contributed by atoms with Crippen molar-refractivity contribution in [2.75, 3.05) is 0 Å². The Hall–Kier alpha value is -2.53. The molecule has 1 N–H and O–H groups in total. The van der Waals surface area contributed by atoms with E-state index in [1.165, 1.54) is 11.5 Å². The molecule has 0 spiro atoms. The van der Waals surface area contributed by atoms with Crippen molar-refractivity contribution in [2.24, 2.45) is 0 Å². The summed E-state index contributed by atoms with van der Waals surface area (Å²) in [5.41, 5.74) is 4.08. The first-order valence-electron chi connectivity index (χ1n) is 6.65. The number of nitrogens with one attached hydrogen (secondary N) is 1. The van der Waals surface area contributed by atoms with Crippen molar-refractivity contribution in [1.82, 2.24) is 19.3 Å². The summed E-state index contributed by atoms with van der Waals surface area (Å²) in [7, 11) is 0. The number of H-pyrrole nitrogens is 1. The molecule has 5 heteroatoms. The minimum atomic E-state index is 0.779. The van der Waals surface area contributed by atoms with Crippen LogP contribution in [0.2, 0.25) is 0 Å². The lowest BCUT2D eigenvalue weighted by Crippen LogP contribution is -1.91. The van der Waals surface area contributed by atoms with E-state index in [0.717, 1.165) is 38.6 Å². The van der Waals surface area contributed by atoms with Crippen LogP contribution in [0.15, 0.2) is 48.8 Å². The van der Waals surface area contributed by atoms with Crippen LogP contribution in [0.1, 0.15) is 5.69 Å². The number of benzene rings is 1. The summed E-state index contributed by atoms with van der Waals surface area (Å²) < 4.78 is 4.40. The average Bonchev–Trinajstić information content (AvgIpc) is 3.17. The highest BCUT2D eigenvalue weighted by molar-refractivity contribution is 7.12. The number of aromatic nitrogens is 4. The van der Waals surface area contributed by atoms with Crippen LogP contribution >= 0.6 is 11.5 Å². The highest BCUT2D eigenvalue weighted by atomic mass is 32.1. The number of imidazole rings is 1. The highest BCUT2D eigenvalue weighted by Crippen LogP contribution is 2.33. The summed E-state index contributed by atoms with van der Waals surface area (Å²) in [5, 5.41) is 1.11. The highest BCUT2D eigenvalue weighted by Gasteiger charge is 2.15. The lowest BCUT2D eigenvalue weighted by atomic mass is 10.0. The number of aryl methyl sites for hydroxylation is 1. The first kappa shape index (κ1) is 12.2. The molecule has 0 fully saturated rings. The molecule has 0 radical (unpaired) electrons. The lowest BCUT2D eigenvalue weighted by molar-refractivity contribution is 1.26. The van der Waals surface area contributed by atoms with Gasteiger partial charge >= 0.3 is 0 Å². The number of nitrogens with zero attached hydrogens (tertiary/aromatic N) is 3. The molecule has 4 nitrogen and oxygen atoms in total. The normalized spacial score (nSPS) is 11.1. The molecular formula is C16H12N4S. The van der Waals surface area contributed by atoms with E-state index < -0.39 is 0 Å². The fraction of sp³-hybridized carbons (Fsp3) is 0.0625. The zero-order valence-electron chi connectivity index (χ0n) is 11.4. The summed E-state index contributed by atoms with van der Waals surface area (Å²) in [4.78, 5) is 13.2. The Kier molecular flexibility index (Phi) is 2.79. The zero-order chi connectivity index (χ0) is 14.2. The van der Waals surface area contributed by atoms with Crippen molar-refractivity contribution in [1.29, 1.82) is 0 Å². The van der Waals surface area contributed by atoms with Gasteiger partial charge in [0.25, 0.3) is 0 Å². The number of hydrogen-bond acceptors (Lipinski definition) is 4. The molecule has 4 aromatic rings. The minimum absolute atomic E-state index is 0.779. The van der Waals surface area contributed by atoms with Crippen molar-refractivity contribution >= 4 is 21.7 Å². The van der Waals surface area contributed by atoms with Gasteiger partial charge in [-0.2, -0.15) is 4.37 Å². The molecule has 0 aliphatic heterocycles. The van der Waals surface area contributed by atoms with Gasteiger partial charge in [-0.3, -0.25) is 0 Å². The van der Waals surface area contributed by atoms with Gasteiger partial charge in [0, 0.05) is 23.3 Å². The van der Waals surface area contributed by atoms with E-state index in [2.05, 4.69) is 32.5 Å². The second-order valence-corrected chi connectivity index (χ2v) is 5.56. The predicted molar refractivity (Wildman–Crippen MR) is 85.2 cm³/mol. The third-order valence-corrected chi connectivity index (χ3v) is 4.30. The van der Waals surface area contributed by atoms with E-state index in [1.54, 1.807) is 6.20 Å². The van der Waals surface area contributed by atoms with Crippen LogP contribution < -0.4 is 0 Å². The monoisotopic (exact) mass is 292 g/mol. The first-order valence-corrected chi connectivity index (χ1v) is 7.42. The molecule has 21 heavy (non-hydrogen) atoms. The molecule has 0 saturated carbocycles. The smallest absolute Gasteiger partial charge is 0.156 e. The van der Waals surface area contributed by atoms with Crippen LogP contribution in [0.4, 0.5) is 0 Å². The molecule has 0 aliphatic rings. The van der Waals surface area contributed by atoms with Gasteiger partial charge in [-0.15, -0.1) is 0 Å². The Balaban J connectivity index is 2.06. The van der Waals surface area contributed by atoms with Crippen molar-refractivity contribution in [3.8, 4) is 22.6 Å². The molecule has 0 amide bonds. The molecule has 4 rings (SSSR count). The summed E-state index contributed by atoms with van der Waals surface area (Å²) in [5.74, 6) is 0.779. The molecule has 0 saturated heterocycles.